The number of primary amides is 1. The van der Waals surface area contributed by atoms with Gasteiger partial charge in [-0.3, -0.25) is 19.3 Å². The van der Waals surface area contributed by atoms with Crippen LogP contribution in [0.4, 0.5) is 0 Å². The van der Waals surface area contributed by atoms with Crippen molar-refractivity contribution in [2.24, 2.45) is 11.7 Å². The summed E-state index contributed by atoms with van der Waals surface area (Å²) in [6.07, 6.45) is 2.61. The lowest BCUT2D eigenvalue weighted by atomic mass is 10.2. The third-order valence-electron chi connectivity index (χ3n) is 2.63. The molecule has 0 aromatic rings. The summed E-state index contributed by atoms with van der Waals surface area (Å²) in [4.78, 5) is 33.8. The quantitative estimate of drug-likeness (QED) is 0.667. The van der Waals surface area contributed by atoms with Crippen LogP contribution in [-0.2, 0) is 19.1 Å². The lowest BCUT2D eigenvalue weighted by molar-refractivity contribution is -0.140. The number of ether oxygens (including phenoxy) is 1. The number of amides is 3. The number of carbonyl (C=O) groups excluding carboxylic acids is 3. The zero-order valence-corrected chi connectivity index (χ0v) is 18.2. The maximum atomic E-state index is 11.7. The molecule has 2 N–H and O–H groups in total. The second-order valence-corrected chi connectivity index (χ2v) is 8.67. The molecule has 0 aromatic carbocycles. The third kappa shape index (κ3) is 16.5. The van der Waals surface area contributed by atoms with E-state index in [1.54, 1.807) is 6.92 Å². The molecule has 6 nitrogen and oxygen atoms in total. The Kier molecular flexibility index (Phi) is 14.8. The number of hydrogen-bond donors (Lipinski definition) is 1. The number of nitrogens with two attached hydrogens (primary N) is 1. The van der Waals surface area contributed by atoms with Crippen LogP contribution in [0.3, 0.4) is 0 Å². The molecule has 0 aliphatic carbocycles. The van der Waals surface area contributed by atoms with Gasteiger partial charge in [-0.05, 0) is 18.8 Å². The fourth-order valence-corrected chi connectivity index (χ4v) is 1.81. The van der Waals surface area contributed by atoms with E-state index < -0.39 is 3.79 Å². The number of halogens is 3. The Hall–Kier alpha value is -0.980. The molecular formula is C17H29Cl3N2O4. The zero-order chi connectivity index (χ0) is 20.9. The van der Waals surface area contributed by atoms with E-state index in [9.17, 15) is 14.4 Å². The van der Waals surface area contributed by atoms with Crippen molar-refractivity contribution in [3.63, 3.8) is 0 Å². The molecule has 0 bridgehead atoms. The van der Waals surface area contributed by atoms with E-state index in [2.05, 4.69) is 26.5 Å². The Balaban J connectivity index is 0. The third-order valence-corrected chi connectivity index (χ3v) is 3.19. The van der Waals surface area contributed by atoms with Crippen molar-refractivity contribution in [3.05, 3.63) is 11.8 Å². The van der Waals surface area contributed by atoms with Gasteiger partial charge in [-0.25, -0.2) is 0 Å². The number of rotatable bonds is 5. The minimum absolute atomic E-state index is 0.171. The number of nitrogens with zero attached hydrogens (tertiary/aromatic N) is 1. The highest BCUT2D eigenvalue weighted by atomic mass is 35.6. The van der Waals surface area contributed by atoms with Crippen LogP contribution in [0.1, 0.15) is 53.4 Å². The first-order valence-electron chi connectivity index (χ1n) is 8.27. The highest BCUT2D eigenvalue weighted by molar-refractivity contribution is 6.67. The number of alkyl halides is 3. The standard InChI is InChI=1S/C10H12Cl3NO3.C4H10.C3H7NO/c1-17-7-5-9(16)14(6-7)8(15)3-2-4-10(11,12)13;1-4(2)3;1-2-3(4)5/h5H,2-4,6H2,1H3;4H,1-3H3;2H2,1H3,(H2,4,5). The molecule has 1 aliphatic heterocycles. The second-order valence-electron chi connectivity index (χ2n) is 6.15. The van der Waals surface area contributed by atoms with Gasteiger partial charge >= 0.3 is 0 Å². The number of carbonyl (C=O) groups is 3. The largest absolute Gasteiger partial charge is 0.499 e. The summed E-state index contributed by atoms with van der Waals surface area (Å²) >= 11 is 16.7. The molecule has 152 valence electrons. The highest BCUT2D eigenvalue weighted by Gasteiger charge is 2.28. The minimum atomic E-state index is -1.36. The van der Waals surface area contributed by atoms with Gasteiger partial charge in [0.05, 0.1) is 13.7 Å². The molecule has 0 aromatic heterocycles. The Morgan fingerprint density at radius 3 is 2.08 bits per heavy atom. The first-order valence-corrected chi connectivity index (χ1v) is 9.41. The molecule has 9 heteroatoms. The minimum Gasteiger partial charge on any atom is -0.499 e. The topological polar surface area (TPSA) is 89.7 Å². The second kappa shape index (κ2) is 14.1. The van der Waals surface area contributed by atoms with Crippen LogP contribution < -0.4 is 5.73 Å². The van der Waals surface area contributed by atoms with Crippen molar-refractivity contribution in [2.75, 3.05) is 13.7 Å². The molecule has 0 spiro atoms. The molecule has 1 aliphatic rings. The summed E-state index contributed by atoms with van der Waals surface area (Å²) in [5.41, 5.74) is 4.65. The van der Waals surface area contributed by atoms with E-state index in [4.69, 9.17) is 39.5 Å². The molecule has 0 atom stereocenters. The number of imide groups is 1. The summed E-state index contributed by atoms with van der Waals surface area (Å²) in [6, 6.07) is 0. The average molecular weight is 432 g/mol. The molecule has 0 fully saturated rings. The first kappa shape index (κ1) is 27.2. The number of hydrogen-bond acceptors (Lipinski definition) is 4. The van der Waals surface area contributed by atoms with Crippen molar-refractivity contribution < 1.29 is 19.1 Å². The monoisotopic (exact) mass is 430 g/mol. The lowest BCUT2D eigenvalue weighted by Gasteiger charge is -2.15. The van der Waals surface area contributed by atoms with Gasteiger partial charge in [0, 0.05) is 18.9 Å². The van der Waals surface area contributed by atoms with Crippen molar-refractivity contribution >= 4 is 52.5 Å². The van der Waals surface area contributed by atoms with E-state index in [1.165, 1.54) is 13.2 Å². The molecule has 0 radical (unpaired) electrons. The van der Waals surface area contributed by atoms with Crippen LogP contribution in [0.15, 0.2) is 11.8 Å². The molecular weight excluding hydrogens is 403 g/mol. The Labute approximate surface area is 171 Å². The van der Waals surface area contributed by atoms with Gasteiger partial charge in [-0.2, -0.15) is 0 Å². The van der Waals surface area contributed by atoms with E-state index >= 15 is 0 Å². The predicted molar refractivity (Wildman–Crippen MR) is 106 cm³/mol. The maximum absolute atomic E-state index is 11.7. The highest BCUT2D eigenvalue weighted by Crippen LogP contribution is 2.31. The van der Waals surface area contributed by atoms with Gasteiger partial charge < -0.3 is 10.5 Å². The summed E-state index contributed by atoms with van der Waals surface area (Å²) in [5.74, 6) is 0.419. The molecule has 0 saturated carbocycles. The van der Waals surface area contributed by atoms with Crippen LogP contribution in [0, 0.1) is 5.92 Å². The fraction of sp³-hybridized carbons (Fsp3) is 0.706. The molecule has 0 saturated heterocycles. The molecule has 1 heterocycles. The first-order chi connectivity index (χ1) is 11.8. The smallest absolute Gasteiger partial charge is 0.257 e. The van der Waals surface area contributed by atoms with E-state index in [1.807, 2.05) is 0 Å². The zero-order valence-electron chi connectivity index (χ0n) is 16.0. The van der Waals surface area contributed by atoms with Crippen molar-refractivity contribution in [2.45, 2.75) is 57.2 Å². The van der Waals surface area contributed by atoms with Crippen LogP contribution in [0.25, 0.3) is 0 Å². The normalized spacial score (nSPS) is 13.3. The van der Waals surface area contributed by atoms with E-state index in [-0.39, 0.29) is 37.1 Å². The summed E-state index contributed by atoms with van der Waals surface area (Å²) in [5, 5.41) is 0. The summed E-state index contributed by atoms with van der Waals surface area (Å²) in [6.45, 7) is 8.41. The maximum Gasteiger partial charge on any atom is 0.257 e. The molecule has 26 heavy (non-hydrogen) atoms. The Bertz CT molecular complexity index is 486. The Morgan fingerprint density at radius 1 is 1.31 bits per heavy atom. The Morgan fingerprint density at radius 2 is 1.77 bits per heavy atom. The van der Waals surface area contributed by atoms with Crippen molar-refractivity contribution in [1.82, 2.24) is 4.90 Å². The van der Waals surface area contributed by atoms with E-state index in [0.29, 0.717) is 18.6 Å². The van der Waals surface area contributed by atoms with Gasteiger partial charge in [-0.1, -0.05) is 62.5 Å². The van der Waals surface area contributed by atoms with Crippen LogP contribution in [0.5, 0.6) is 0 Å². The number of methoxy groups -OCH3 is 1. The van der Waals surface area contributed by atoms with Crippen LogP contribution in [-0.4, -0.2) is 40.1 Å². The van der Waals surface area contributed by atoms with Gasteiger partial charge in [-0.15, -0.1) is 0 Å². The van der Waals surface area contributed by atoms with Crippen molar-refractivity contribution in [3.8, 4) is 0 Å². The van der Waals surface area contributed by atoms with Crippen molar-refractivity contribution in [1.29, 1.82) is 0 Å². The van der Waals surface area contributed by atoms with Gasteiger partial charge in [0.25, 0.3) is 5.91 Å². The summed E-state index contributed by atoms with van der Waals surface area (Å²) in [7, 11) is 1.45. The van der Waals surface area contributed by atoms with Gasteiger partial charge in [0.1, 0.15) is 5.76 Å². The SMILES string of the molecule is CC(C)C.CCC(N)=O.COC1=CC(=O)N(C(=O)CCCC(Cl)(Cl)Cl)C1. The fourth-order valence-electron chi connectivity index (χ4n) is 1.40. The molecule has 0 unspecified atom stereocenters. The van der Waals surface area contributed by atoms with Crippen LogP contribution in [0.2, 0.25) is 0 Å². The van der Waals surface area contributed by atoms with Gasteiger partial charge in [0.15, 0.2) is 3.79 Å². The predicted octanol–water partition coefficient (Wildman–Crippen LogP) is 3.97. The van der Waals surface area contributed by atoms with Gasteiger partial charge in [0.2, 0.25) is 11.8 Å². The molecule has 3 amide bonds. The summed E-state index contributed by atoms with van der Waals surface area (Å²) < 4.78 is 3.55. The van der Waals surface area contributed by atoms with E-state index in [0.717, 1.165) is 10.8 Å². The molecule has 1 rings (SSSR count). The van der Waals surface area contributed by atoms with Crippen LogP contribution >= 0.6 is 34.8 Å². The average Bonchev–Trinajstić information content (AvgIpc) is 2.87. The lowest BCUT2D eigenvalue weighted by Crippen LogP contribution is -2.33.